The number of ether oxygens (including phenoxy) is 1. The topological polar surface area (TPSA) is 84.2 Å². The van der Waals surface area contributed by atoms with E-state index in [1.807, 2.05) is 56.8 Å². The molecule has 0 spiro atoms. The molecule has 4 aromatic heterocycles. The van der Waals surface area contributed by atoms with E-state index in [0.717, 1.165) is 34.7 Å². The van der Waals surface area contributed by atoms with Crippen LogP contribution in [0.3, 0.4) is 0 Å². The van der Waals surface area contributed by atoms with Gasteiger partial charge in [-0.25, -0.2) is 19.9 Å². The molecule has 0 amide bonds. The van der Waals surface area contributed by atoms with E-state index in [1.54, 1.807) is 18.3 Å². The van der Waals surface area contributed by atoms with Crippen molar-refractivity contribution in [2.24, 2.45) is 7.05 Å². The first kappa shape index (κ1) is 20.1. The van der Waals surface area contributed by atoms with Crippen LogP contribution in [-0.4, -0.2) is 31.1 Å². The van der Waals surface area contributed by atoms with Crippen LogP contribution in [0, 0.1) is 13.8 Å². The summed E-state index contributed by atoms with van der Waals surface area (Å²) >= 11 is 0.884. The molecule has 0 radical (unpaired) electrons. The fraction of sp³-hybridized carbons (Fsp3) is 0.238. The van der Waals surface area contributed by atoms with Crippen molar-refractivity contribution in [2.45, 2.75) is 20.8 Å². The van der Waals surface area contributed by atoms with E-state index in [0.29, 0.717) is 35.5 Å². The van der Waals surface area contributed by atoms with Crippen molar-refractivity contribution >= 4 is 23.5 Å². The van der Waals surface area contributed by atoms with Gasteiger partial charge in [0, 0.05) is 31.1 Å². The first-order valence-electron chi connectivity index (χ1n) is 9.42. The summed E-state index contributed by atoms with van der Waals surface area (Å²) in [6.45, 7) is 6.28. The standard InChI is InChI=1S/C21H21N5O3S/c1-5-27-30-29-17-10-15(28-18-8-6-7-14(3)24-18)12-22-19(17)21-25-16-9-13(2)11-23-20(16)26(21)4/h6-12H,5H2,1-4H3. The molecule has 8 nitrogen and oxygen atoms in total. The Morgan fingerprint density at radius 1 is 1.07 bits per heavy atom. The number of imidazole rings is 1. The molecule has 4 rings (SSSR count). The minimum atomic E-state index is 0.466. The molecule has 0 saturated heterocycles. The van der Waals surface area contributed by atoms with Crippen molar-refractivity contribution in [2.75, 3.05) is 6.61 Å². The Morgan fingerprint density at radius 2 is 1.93 bits per heavy atom. The molecule has 0 saturated carbocycles. The lowest BCUT2D eigenvalue weighted by atomic mass is 10.3. The van der Waals surface area contributed by atoms with Gasteiger partial charge in [0.1, 0.15) is 11.2 Å². The summed E-state index contributed by atoms with van der Waals surface area (Å²) in [7, 11) is 1.90. The first-order valence-corrected chi connectivity index (χ1v) is 10.1. The molecule has 0 aliphatic carbocycles. The number of pyridine rings is 3. The molecule has 4 aromatic rings. The van der Waals surface area contributed by atoms with Crippen LogP contribution in [0.1, 0.15) is 18.2 Å². The van der Waals surface area contributed by atoms with Crippen LogP contribution >= 0.6 is 12.3 Å². The van der Waals surface area contributed by atoms with Gasteiger partial charge in [-0.3, -0.25) is 4.18 Å². The zero-order valence-corrected chi connectivity index (χ0v) is 17.9. The minimum absolute atomic E-state index is 0.466. The average molecular weight is 423 g/mol. The van der Waals surface area contributed by atoms with Gasteiger partial charge < -0.3 is 13.5 Å². The lowest BCUT2D eigenvalue weighted by Crippen LogP contribution is -1.99. The molecule has 154 valence electrons. The van der Waals surface area contributed by atoms with Crippen molar-refractivity contribution in [1.82, 2.24) is 24.5 Å². The molecule has 30 heavy (non-hydrogen) atoms. The number of aryl methyl sites for hydroxylation is 3. The highest BCUT2D eigenvalue weighted by Crippen LogP contribution is 2.35. The monoisotopic (exact) mass is 423 g/mol. The Kier molecular flexibility index (Phi) is 5.82. The molecule has 9 heteroatoms. The second kappa shape index (κ2) is 8.68. The fourth-order valence-corrected chi connectivity index (χ4v) is 3.25. The van der Waals surface area contributed by atoms with Crippen LogP contribution in [0.5, 0.6) is 17.4 Å². The quantitative estimate of drug-likeness (QED) is 0.309. The van der Waals surface area contributed by atoms with Crippen LogP contribution < -0.4 is 8.92 Å². The SMILES string of the molecule is CCOSOc1cc(Oc2cccc(C)n2)cnc1-c1nc2cc(C)cnc2n1C. The van der Waals surface area contributed by atoms with Gasteiger partial charge in [0.15, 0.2) is 23.0 Å². The number of nitrogens with zero attached hydrogens (tertiary/aromatic N) is 5. The summed E-state index contributed by atoms with van der Waals surface area (Å²) in [6, 6.07) is 9.31. The summed E-state index contributed by atoms with van der Waals surface area (Å²) in [4.78, 5) is 18.1. The molecule has 0 bridgehead atoms. The molecular weight excluding hydrogens is 402 g/mol. The van der Waals surface area contributed by atoms with E-state index in [-0.39, 0.29) is 0 Å². The van der Waals surface area contributed by atoms with Crippen LogP contribution in [-0.2, 0) is 11.2 Å². The third kappa shape index (κ3) is 4.22. The Morgan fingerprint density at radius 3 is 2.73 bits per heavy atom. The summed E-state index contributed by atoms with van der Waals surface area (Å²) in [5.41, 5.74) is 4.03. The molecule has 0 aliphatic rings. The molecule has 0 aliphatic heterocycles. The van der Waals surface area contributed by atoms with Crippen LogP contribution in [0.25, 0.3) is 22.7 Å². The third-order valence-corrected chi connectivity index (χ3v) is 4.84. The van der Waals surface area contributed by atoms with Gasteiger partial charge in [-0.05, 0) is 38.5 Å². The van der Waals surface area contributed by atoms with Crippen molar-refractivity contribution in [3.63, 3.8) is 0 Å². The Bertz CT molecular complexity index is 1190. The number of rotatable bonds is 7. The molecule has 0 aromatic carbocycles. The normalized spacial score (nSPS) is 11.1. The second-order valence-electron chi connectivity index (χ2n) is 6.64. The van der Waals surface area contributed by atoms with Gasteiger partial charge >= 0.3 is 0 Å². The third-order valence-electron chi connectivity index (χ3n) is 4.26. The van der Waals surface area contributed by atoms with E-state index in [2.05, 4.69) is 15.0 Å². The highest BCUT2D eigenvalue weighted by atomic mass is 32.2. The maximum absolute atomic E-state index is 5.86. The van der Waals surface area contributed by atoms with Crippen LogP contribution in [0.15, 0.2) is 42.7 Å². The molecule has 0 N–H and O–H groups in total. The molecular formula is C21H21N5O3S. The fourth-order valence-electron chi connectivity index (χ4n) is 2.91. The van der Waals surface area contributed by atoms with Crippen LogP contribution in [0.4, 0.5) is 0 Å². The van der Waals surface area contributed by atoms with Gasteiger partial charge in [0.05, 0.1) is 12.8 Å². The number of aromatic nitrogens is 5. The maximum atomic E-state index is 5.86. The lowest BCUT2D eigenvalue weighted by Gasteiger charge is -2.11. The van der Waals surface area contributed by atoms with Gasteiger partial charge in [0.2, 0.25) is 18.2 Å². The van der Waals surface area contributed by atoms with Crippen molar-refractivity contribution in [3.8, 4) is 28.9 Å². The zero-order chi connectivity index (χ0) is 21.1. The zero-order valence-electron chi connectivity index (χ0n) is 17.1. The number of fused-ring (bicyclic) bond motifs is 1. The first-order chi connectivity index (χ1) is 14.5. The van der Waals surface area contributed by atoms with E-state index in [1.165, 1.54) is 0 Å². The smallest absolute Gasteiger partial charge is 0.225 e. The van der Waals surface area contributed by atoms with Gasteiger partial charge in [-0.1, -0.05) is 6.07 Å². The average Bonchev–Trinajstić information content (AvgIpc) is 3.04. The Hall–Kier alpha value is -3.17. The molecule has 0 fully saturated rings. The van der Waals surface area contributed by atoms with E-state index < -0.39 is 0 Å². The predicted molar refractivity (Wildman–Crippen MR) is 115 cm³/mol. The predicted octanol–water partition coefficient (Wildman–Crippen LogP) is 4.81. The van der Waals surface area contributed by atoms with Crippen molar-refractivity contribution < 1.29 is 13.1 Å². The summed E-state index contributed by atoms with van der Waals surface area (Å²) in [5, 5.41) is 0. The highest BCUT2D eigenvalue weighted by Gasteiger charge is 2.19. The summed E-state index contributed by atoms with van der Waals surface area (Å²) in [6.07, 6.45) is 3.44. The second-order valence-corrected chi connectivity index (χ2v) is 7.18. The van der Waals surface area contributed by atoms with E-state index in [9.17, 15) is 0 Å². The summed E-state index contributed by atoms with van der Waals surface area (Å²) in [5.74, 6) is 2.08. The minimum Gasteiger partial charge on any atom is -0.437 e. The lowest BCUT2D eigenvalue weighted by molar-refractivity contribution is 0.369. The van der Waals surface area contributed by atoms with Crippen molar-refractivity contribution in [1.29, 1.82) is 0 Å². The van der Waals surface area contributed by atoms with Crippen LogP contribution in [0.2, 0.25) is 0 Å². The van der Waals surface area contributed by atoms with Crippen molar-refractivity contribution in [3.05, 3.63) is 54.0 Å². The van der Waals surface area contributed by atoms with E-state index >= 15 is 0 Å². The van der Waals surface area contributed by atoms with Gasteiger partial charge in [-0.2, -0.15) is 0 Å². The summed E-state index contributed by atoms with van der Waals surface area (Å²) < 4.78 is 18.8. The molecule has 0 unspecified atom stereocenters. The van der Waals surface area contributed by atoms with Gasteiger partial charge in [0.25, 0.3) is 0 Å². The van der Waals surface area contributed by atoms with Gasteiger partial charge in [-0.15, -0.1) is 0 Å². The number of hydrogen-bond donors (Lipinski definition) is 0. The Labute approximate surface area is 178 Å². The van der Waals surface area contributed by atoms with E-state index in [4.69, 9.17) is 18.1 Å². The maximum Gasteiger partial charge on any atom is 0.225 e. The molecule has 0 atom stereocenters. The highest BCUT2D eigenvalue weighted by molar-refractivity contribution is 7.90. The Balaban J connectivity index is 1.74. The largest absolute Gasteiger partial charge is 0.437 e. The molecule has 4 heterocycles. The number of hydrogen-bond acceptors (Lipinski definition) is 8.